The van der Waals surface area contributed by atoms with Crippen LogP contribution in [0.25, 0.3) is 0 Å². The van der Waals surface area contributed by atoms with E-state index in [0.717, 1.165) is 11.3 Å². The largest absolute Gasteiger partial charge is 0.417 e. The van der Waals surface area contributed by atoms with Crippen LogP contribution >= 0.6 is 11.6 Å². The van der Waals surface area contributed by atoms with E-state index in [9.17, 15) is 28.1 Å². The molecule has 0 aliphatic rings. The van der Waals surface area contributed by atoms with Gasteiger partial charge in [-0.3, -0.25) is 20.4 Å². The number of hydrogen-bond acceptors (Lipinski definition) is 7. The number of urea groups is 1. The fourth-order valence-corrected chi connectivity index (χ4v) is 2.31. The number of benzene rings is 1. The van der Waals surface area contributed by atoms with E-state index in [1.54, 1.807) is 0 Å². The van der Waals surface area contributed by atoms with Gasteiger partial charge in [0.2, 0.25) is 0 Å². The highest BCUT2D eigenvalue weighted by molar-refractivity contribution is 6.33. The molecule has 1 heterocycles. The molecular weight excluding hydrogens is 433 g/mol. The minimum Gasteiger partial charge on any atom is -0.390 e. The molecule has 0 saturated heterocycles. The number of nitrogens with zero attached hydrogens (tertiary/aromatic N) is 4. The molecule has 30 heavy (non-hydrogen) atoms. The van der Waals surface area contributed by atoms with E-state index in [1.807, 2.05) is 0 Å². The van der Waals surface area contributed by atoms with Gasteiger partial charge in [-0.1, -0.05) is 16.8 Å². The van der Waals surface area contributed by atoms with Crippen LogP contribution in [0.1, 0.15) is 11.1 Å². The minimum absolute atomic E-state index is 0.00276. The summed E-state index contributed by atoms with van der Waals surface area (Å²) in [6, 6.07) is 5.49. The standard InChI is InChI=1S/C16H14ClF3N6O4/c1-25(14-13(17)6-11(7-21-14)16(18,19)20)24-15(27)22-9-23-30-8-10-2-4-12(5-3-10)26(28)29/h2-7,9H,8H2,1H3,(H2,22,23,24,27). The molecule has 10 nitrogen and oxygen atoms in total. The molecule has 1 aromatic carbocycles. The van der Waals surface area contributed by atoms with Gasteiger partial charge >= 0.3 is 12.2 Å². The smallest absolute Gasteiger partial charge is 0.390 e. The Kier molecular flexibility index (Phi) is 7.36. The topological polar surface area (TPSA) is 122 Å². The van der Waals surface area contributed by atoms with Crippen molar-refractivity contribution in [1.82, 2.24) is 15.7 Å². The molecule has 2 aromatic rings. The van der Waals surface area contributed by atoms with Crippen LogP contribution in [0, 0.1) is 10.1 Å². The van der Waals surface area contributed by atoms with E-state index in [4.69, 9.17) is 16.4 Å². The molecule has 14 heteroatoms. The molecule has 0 unspecified atom stereocenters. The Hall–Kier alpha value is -3.61. The van der Waals surface area contributed by atoms with E-state index >= 15 is 0 Å². The van der Waals surface area contributed by atoms with Crippen LogP contribution in [0.4, 0.5) is 29.5 Å². The molecule has 0 spiro atoms. The lowest BCUT2D eigenvalue weighted by Gasteiger charge is -2.20. The van der Waals surface area contributed by atoms with Gasteiger partial charge in [-0.25, -0.2) is 15.2 Å². The number of hydrazine groups is 1. The Morgan fingerprint density at radius 1 is 1.40 bits per heavy atom. The number of pyridine rings is 1. The minimum atomic E-state index is -4.59. The number of nitrogens with one attached hydrogen (secondary N) is 2. The van der Waals surface area contributed by atoms with Gasteiger partial charge in [0.05, 0.1) is 15.5 Å². The maximum Gasteiger partial charge on any atom is 0.417 e. The van der Waals surface area contributed by atoms with Crippen molar-refractivity contribution < 1.29 is 27.7 Å². The zero-order valence-electron chi connectivity index (χ0n) is 15.2. The van der Waals surface area contributed by atoms with E-state index in [1.165, 1.54) is 31.3 Å². The number of nitro benzene ring substituents is 1. The molecule has 0 radical (unpaired) electrons. The molecule has 160 valence electrons. The first-order chi connectivity index (χ1) is 14.1. The van der Waals surface area contributed by atoms with E-state index < -0.39 is 22.7 Å². The van der Waals surface area contributed by atoms with Crippen LogP contribution in [-0.4, -0.2) is 29.3 Å². The summed E-state index contributed by atoms with van der Waals surface area (Å²) in [5.41, 5.74) is 1.80. The second-order valence-electron chi connectivity index (χ2n) is 5.60. The van der Waals surface area contributed by atoms with Crippen molar-refractivity contribution in [2.24, 2.45) is 5.16 Å². The summed E-state index contributed by atoms with van der Waals surface area (Å²) in [6.45, 7) is 0.00276. The Morgan fingerprint density at radius 3 is 2.63 bits per heavy atom. The van der Waals surface area contributed by atoms with Crippen molar-refractivity contribution >= 4 is 35.5 Å². The van der Waals surface area contributed by atoms with Gasteiger partial charge in [0, 0.05) is 25.4 Å². The second kappa shape index (κ2) is 9.73. The van der Waals surface area contributed by atoms with Gasteiger partial charge in [-0.15, -0.1) is 0 Å². The van der Waals surface area contributed by atoms with Gasteiger partial charge < -0.3 is 4.84 Å². The third-order valence-corrected chi connectivity index (χ3v) is 3.72. The second-order valence-corrected chi connectivity index (χ2v) is 6.01. The van der Waals surface area contributed by atoms with Gasteiger partial charge in [0.15, 0.2) is 5.82 Å². The van der Waals surface area contributed by atoms with Crippen molar-refractivity contribution in [3.63, 3.8) is 0 Å². The van der Waals surface area contributed by atoms with Crippen molar-refractivity contribution in [1.29, 1.82) is 0 Å². The van der Waals surface area contributed by atoms with Crippen LogP contribution < -0.4 is 15.8 Å². The summed E-state index contributed by atoms with van der Waals surface area (Å²) in [5.74, 6) is -0.105. The molecule has 0 fully saturated rings. The zero-order chi connectivity index (χ0) is 22.3. The average molecular weight is 447 g/mol. The molecule has 2 N–H and O–H groups in total. The molecule has 2 amide bonds. The summed E-state index contributed by atoms with van der Waals surface area (Å²) in [7, 11) is 1.32. The van der Waals surface area contributed by atoms with E-state index in [2.05, 4.69) is 20.9 Å². The number of nitro groups is 1. The van der Waals surface area contributed by atoms with Crippen LogP contribution in [0.5, 0.6) is 0 Å². The molecule has 1 aromatic heterocycles. The lowest BCUT2D eigenvalue weighted by atomic mass is 10.2. The van der Waals surface area contributed by atoms with Crippen LogP contribution in [-0.2, 0) is 17.6 Å². The normalized spacial score (nSPS) is 11.2. The zero-order valence-corrected chi connectivity index (χ0v) is 15.9. The first-order valence-corrected chi connectivity index (χ1v) is 8.36. The van der Waals surface area contributed by atoms with Crippen LogP contribution in [0.3, 0.4) is 0 Å². The van der Waals surface area contributed by atoms with Crippen LogP contribution in [0.2, 0.25) is 5.02 Å². The summed E-state index contributed by atoms with van der Waals surface area (Å²) in [6.07, 6.45) is -3.08. The number of oxime groups is 1. The van der Waals surface area contributed by atoms with Gasteiger partial charge in [0.25, 0.3) is 5.69 Å². The molecule has 0 atom stereocenters. The van der Waals surface area contributed by atoms with Crippen molar-refractivity contribution in [2.75, 3.05) is 12.1 Å². The highest BCUT2D eigenvalue weighted by atomic mass is 35.5. The fraction of sp³-hybridized carbons (Fsp3) is 0.188. The fourth-order valence-electron chi connectivity index (χ4n) is 2.02. The number of hydrogen-bond donors (Lipinski definition) is 2. The number of alkyl halides is 3. The third-order valence-electron chi connectivity index (χ3n) is 3.44. The molecule has 0 bridgehead atoms. The van der Waals surface area contributed by atoms with Gasteiger partial charge in [-0.2, -0.15) is 13.2 Å². The summed E-state index contributed by atoms with van der Waals surface area (Å²) >= 11 is 5.79. The Morgan fingerprint density at radius 2 is 2.07 bits per heavy atom. The monoisotopic (exact) mass is 446 g/mol. The van der Waals surface area contributed by atoms with Gasteiger partial charge in [0.1, 0.15) is 12.9 Å². The summed E-state index contributed by atoms with van der Waals surface area (Å²) < 4.78 is 37.9. The maximum atomic E-state index is 12.6. The Bertz CT molecular complexity index is 940. The van der Waals surface area contributed by atoms with Crippen molar-refractivity contribution in [2.45, 2.75) is 12.8 Å². The molecule has 2 rings (SSSR count). The Labute approximate surface area is 172 Å². The molecule has 0 saturated carbocycles. The number of anilines is 1. The number of aromatic nitrogens is 1. The molecule has 0 aliphatic heterocycles. The number of rotatable bonds is 7. The van der Waals surface area contributed by atoms with Crippen LogP contribution in [0.15, 0.2) is 41.7 Å². The van der Waals surface area contributed by atoms with Crippen molar-refractivity contribution in [3.8, 4) is 0 Å². The quantitative estimate of drug-likeness (QED) is 0.290. The predicted molar refractivity (Wildman–Crippen MR) is 101 cm³/mol. The van der Waals surface area contributed by atoms with Gasteiger partial charge in [-0.05, 0) is 23.8 Å². The maximum absolute atomic E-state index is 12.6. The SMILES string of the molecule is CN(NC(=O)N/C=N/OCc1ccc([N+](=O)[O-])cc1)c1ncc(C(F)(F)F)cc1Cl. The number of carbonyl (C=O) groups is 1. The Balaban J connectivity index is 1.80. The molecular formula is C16H14ClF3N6O4. The third kappa shape index (κ3) is 6.48. The lowest BCUT2D eigenvalue weighted by molar-refractivity contribution is -0.384. The highest BCUT2D eigenvalue weighted by Crippen LogP contribution is 2.32. The predicted octanol–water partition coefficient (Wildman–Crippen LogP) is 3.47. The van der Waals surface area contributed by atoms with E-state index in [-0.39, 0.29) is 23.1 Å². The first-order valence-electron chi connectivity index (χ1n) is 7.98. The average Bonchev–Trinajstić information content (AvgIpc) is 2.67. The summed E-state index contributed by atoms with van der Waals surface area (Å²) in [5, 5.41) is 16.9. The lowest BCUT2D eigenvalue weighted by Crippen LogP contribution is -2.45. The number of halogens is 4. The first kappa shape index (κ1) is 22.7. The number of amides is 2. The summed E-state index contributed by atoms with van der Waals surface area (Å²) in [4.78, 5) is 30.3. The number of non-ortho nitro benzene ring substituents is 1. The van der Waals surface area contributed by atoms with E-state index in [0.29, 0.717) is 17.8 Å². The molecule has 0 aliphatic carbocycles. The van der Waals surface area contributed by atoms with Crippen molar-refractivity contribution in [3.05, 3.63) is 62.8 Å². The number of carbonyl (C=O) groups excluding carboxylic acids is 1. The highest BCUT2D eigenvalue weighted by Gasteiger charge is 2.32.